The number of halogens is 1. The predicted molar refractivity (Wildman–Crippen MR) is 118 cm³/mol. The van der Waals surface area contributed by atoms with Gasteiger partial charge in [-0.1, -0.05) is 19.1 Å². The van der Waals surface area contributed by atoms with E-state index in [0.29, 0.717) is 0 Å². The van der Waals surface area contributed by atoms with Crippen molar-refractivity contribution in [3.63, 3.8) is 0 Å². The van der Waals surface area contributed by atoms with E-state index in [2.05, 4.69) is 42.6 Å². The fourth-order valence-corrected chi connectivity index (χ4v) is 4.07. The van der Waals surface area contributed by atoms with Crippen molar-refractivity contribution in [3.05, 3.63) is 52.9 Å². The molecular formula is C21H25BrN6O. The molecule has 2 amide bonds. The highest BCUT2D eigenvalue weighted by Crippen LogP contribution is 2.22. The number of para-hydroxylation sites is 1. The van der Waals surface area contributed by atoms with E-state index in [-0.39, 0.29) is 6.03 Å². The van der Waals surface area contributed by atoms with E-state index in [4.69, 9.17) is 4.98 Å². The monoisotopic (exact) mass is 456 g/mol. The standard InChI is InChI=1S/C21H25BrN6O/c1-2-19-24-18-8-5-9-23-20(18)28(19)15-12-26-10-13-27(14-11-26)21(29)25-17-7-4-3-6-16(17)22/h3-9H,2,10-15H2,1H3,(H,25,29). The summed E-state index contributed by atoms with van der Waals surface area (Å²) in [6.07, 6.45) is 2.71. The lowest BCUT2D eigenvalue weighted by molar-refractivity contribution is 0.144. The maximum atomic E-state index is 12.6. The second-order valence-electron chi connectivity index (χ2n) is 7.12. The second-order valence-corrected chi connectivity index (χ2v) is 7.97. The Hall–Kier alpha value is -2.45. The first-order chi connectivity index (χ1) is 14.2. The van der Waals surface area contributed by atoms with Gasteiger partial charge in [-0.05, 0) is 40.2 Å². The molecule has 1 aliphatic rings. The largest absolute Gasteiger partial charge is 0.322 e. The van der Waals surface area contributed by atoms with Crippen LogP contribution in [0.15, 0.2) is 47.1 Å². The number of nitrogens with one attached hydrogen (secondary N) is 1. The maximum Gasteiger partial charge on any atom is 0.321 e. The number of urea groups is 1. The van der Waals surface area contributed by atoms with E-state index in [0.717, 1.165) is 72.8 Å². The first-order valence-corrected chi connectivity index (χ1v) is 10.8. The summed E-state index contributed by atoms with van der Waals surface area (Å²) in [6.45, 7) is 7.09. The Morgan fingerprint density at radius 2 is 1.90 bits per heavy atom. The summed E-state index contributed by atoms with van der Waals surface area (Å²) >= 11 is 3.47. The number of carbonyl (C=O) groups excluding carboxylic acids is 1. The minimum absolute atomic E-state index is 0.0466. The Kier molecular flexibility index (Phi) is 6.10. The summed E-state index contributed by atoms with van der Waals surface area (Å²) in [4.78, 5) is 26.0. The van der Waals surface area contributed by atoms with E-state index < -0.39 is 0 Å². The van der Waals surface area contributed by atoms with Crippen molar-refractivity contribution in [2.24, 2.45) is 0 Å². The third kappa shape index (κ3) is 4.43. The molecule has 0 radical (unpaired) electrons. The molecule has 152 valence electrons. The first kappa shape index (κ1) is 19.8. The van der Waals surface area contributed by atoms with Crippen LogP contribution in [0, 0.1) is 0 Å². The molecule has 0 bridgehead atoms. The van der Waals surface area contributed by atoms with Gasteiger partial charge in [0.15, 0.2) is 5.65 Å². The molecule has 8 heteroatoms. The van der Waals surface area contributed by atoms with Crippen LogP contribution in [0.1, 0.15) is 12.7 Å². The molecule has 0 saturated carbocycles. The van der Waals surface area contributed by atoms with Crippen LogP contribution in [0.4, 0.5) is 10.5 Å². The normalized spacial score (nSPS) is 15.0. The third-order valence-corrected chi connectivity index (χ3v) is 6.01. The van der Waals surface area contributed by atoms with Crippen LogP contribution in [-0.2, 0) is 13.0 Å². The second kappa shape index (κ2) is 8.92. The Morgan fingerprint density at radius 3 is 2.66 bits per heavy atom. The number of carbonyl (C=O) groups is 1. The zero-order valence-electron chi connectivity index (χ0n) is 16.5. The van der Waals surface area contributed by atoms with Gasteiger partial charge in [-0.3, -0.25) is 4.90 Å². The number of benzene rings is 1. The molecule has 0 unspecified atom stereocenters. The molecule has 4 rings (SSSR count). The number of hydrogen-bond acceptors (Lipinski definition) is 4. The lowest BCUT2D eigenvalue weighted by Gasteiger charge is -2.34. The van der Waals surface area contributed by atoms with Gasteiger partial charge in [0, 0.05) is 56.4 Å². The summed E-state index contributed by atoms with van der Waals surface area (Å²) in [5.41, 5.74) is 2.71. The van der Waals surface area contributed by atoms with Gasteiger partial charge in [0.25, 0.3) is 0 Å². The van der Waals surface area contributed by atoms with Crippen LogP contribution in [0.5, 0.6) is 0 Å². The lowest BCUT2D eigenvalue weighted by Crippen LogP contribution is -2.50. The molecule has 29 heavy (non-hydrogen) atoms. The number of aryl methyl sites for hydroxylation is 1. The lowest BCUT2D eigenvalue weighted by atomic mass is 10.3. The Labute approximate surface area is 178 Å². The SMILES string of the molecule is CCc1nc2cccnc2n1CCN1CCN(C(=O)Nc2ccccc2Br)CC1. The number of piperazine rings is 1. The van der Waals surface area contributed by atoms with Gasteiger partial charge in [-0.15, -0.1) is 0 Å². The summed E-state index contributed by atoms with van der Waals surface area (Å²) in [6, 6.07) is 11.6. The van der Waals surface area contributed by atoms with E-state index in [1.165, 1.54) is 0 Å². The van der Waals surface area contributed by atoms with Crippen molar-refractivity contribution in [2.75, 3.05) is 38.0 Å². The quantitative estimate of drug-likeness (QED) is 0.636. The molecule has 1 aliphatic heterocycles. The fraction of sp³-hybridized carbons (Fsp3) is 0.381. The van der Waals surface area contributed by atoms with Crippen molar-refractivity contribution in [1.82, 2.24) is 24.3 Å². The molecule has 3 aromatic rings. The molecule has 3 heterocycles. The van der Waals surface area contributed by atoms with Crippen LogP contribution in [0.25, 0.3) is 11.2 Å². The minimum Gasteiger partial charge on any atom is -0.322 e. The molecule has 0 atom stereocenters. The van der Waals surface area contributed by atoms with Crippen molar-refractivity contribution < 1.29 is 4.79 Å². The van der Waals surface area contributed by atoms with Crippen LogP contribution in [-0.4, -0.2) is 63.1 Å². The number of hydrogen-bond donors (Lipinski definition) is 1. The number of anilines is 1. The van der Waals surface area contributed by atoms with Gasteiger partial charge in [0.1, 0.15) is 11.3 Å². The van der Waals surface area contributed by atoms with Crippen LogP contribution in [0.2, 0.25) is 0 Å². The minimum atomic E-state index is -0.0466. The fourth-order valence-electron chi connectivity index (χ4n) is 3.68. The van der Waals surface area contributed by atoms with Gasteiger partial charge < -0.3 is 14.8 Å². The van der Waals surface area contributed by atoms with Gasteiger partial charge in [-0.25, -0.2) is 14.8 Å². The summed E-state index contributed by atoms with van der Waals surface area (Å²) in [7, 11) is 0. The number of rotatable bonds is 5. The van der Waals surface area contributed by atoms with Gasteiger partial charge >= 0.3 is 6.03 Å². The topological polar surface area (TPSA) is 66.3 Å². The highest BCUT2D eigenvalue weighted by molar-refractivity contribution is 9.10. The molecule has 1 N–H and O–H groups in total. The average molecular weight is 457 g/mol. The smallest absolute Gasteiger partial charge is 0.321 e. The Morgan fingerprint density at radius 1 is 1.10 bits per heavy atom. The number of imidazole rings is 1. The zero-order valence-corrected chi connectivity index (χ0v) is 18.1. The zero-order chi connectivity index (χ0) is 20.2. The number of pyridine rings is 1. The van der Waals surface area contributed by atoms with Gasteiger partial charge in [-0.2, -0.15) is 0 Å². The molecule has 1 aromatic carbocycles. The first-order valence-electron chi connectivity index (χ1n) is 9.98. The Bertz CT molecular complexity index is 996. The molecule has 0 spiro atoms. The highest BCUT2D eigenvalue weighted by Gasteiger charge is 2.22. The van der Waals surface area contributed by atoms with Crippen molar-refractivity contribution in [2.45, 2.75) is 19.9 Å². The molecule has 1 fully saturated rings. The molecule has 2 aromatic heterocycles. The van der Waals surface area contributed by atoms with Crippen LogP contribution < -0.4 is 5.32 Å². The molecule has 7 nitrogen and oxygen atoms in total. The van der Waals surface area contributed by atoms with Crippen molar-refractivity contribution in [1.29, 1.82) is 0 Å². The van der Waals surface area contributed by atoms with Crippen LogP contribution in [0.3, 0.4) is 0 Å². The number of aromatic nitrogens is 3. The van der Waals surface area contributed by atoms with Crippen molar-refractivity contribution >= 4 is 38.8 Å². The van der Waals surface area contributed by atoms with Gasteiger partial charge in [0.2, 0.25) is 0 Å². The number of fused-ring (bicyclic) bond motifs is 1. The van der Waals surface area contributed by atoms with Crippen LogP contribution >= 0.6 is 15.9 Å². The van der Waals surface area contributed by atoms with E-state index >= 15 is 0 Å². The predicted octanol–water partition coefficient (Wildman–Crippen LogP) is 3.61. The highest BCUT2D eigenvalue weighted by atomic mass is 79.9. The number of amides is 2. The average Bonchev–Trinajstić information content (AvgIpc) is 3.12. The Balaban J connectivity index is 1.32. The molecule has 0 aliphatic carbocycles. The number of nitrogens with zero attached hydrogens (tertiary/aromatic N) is 5. The van der Waals surface area contributed by atoms with E-state index in [9.17, 15) is 4.79 Å². The van der Waals surface area contributed by atoms with E-state index in [1.807, 2.05) is 47.5 Å². The maximum absolute atomic E-state index is 12.6. The summed E-state index contributed by atoms with van der Waals surface area (Å²) in [5.74, 6) is 1.07. The summed E-state index contributed by atoms with van der Waals surface area (Å²) < 4.78 is 3.11. The third-order valence-electron chi connectivity index (χ3n) is 5.31. The van der Waals surface area contributed by atoms with Crippen molar-refractivity contribution in [3.8, 4) is 0 Å². The van der Waals surface area contributed by atoms with Gasteiger partial charge in [0.05, 0.1) is 5.69 Å². The van der Waals surface area contributed by atoms with E-state index in [1.54, 1.807) is 0 Å². The summed E-state index contributed by atoms with van der Waals surface area (Å²) in [5, 5.41) is 2.99. The molecular weight excluding hydrogens is 432 g/mol. The molecule has 1 saturated heterocycles.